The first-order valence-corrected chi connectivity index (χ1v) is 15.1. The summed E-state index contributed by atoms with van der Waals surface area (Å²) < 4.78 is 47.9. The van der Waals surface area contributed by atoms with Crippen LogP contribution >= 0.6 is 11.8 Å². The van der Waals surface area contributed by atoms with E-state index in [-0.39, 0.29) is 29.2 Å². The van der Waals surface area contributed by atoms with E-state index in [1.807, 2.05) is 43.3 Å². The van der Waals surface area contributed by atoms with Crippen LogP contribution in [0.2, 0.25) is 0 Å². The fraction of sp³-hybridized carbons (Fsp3) is 0.258. The summed E-state index contributed by atoms with van der Waals surface area (Å²) in [6, 6.07) is 17.5. The van der Waals surface area contributed by atoms with E-state index in [2.05, 4.69) is 25.3 Å². The molecule has 0 spiro atoms. The van der Waals surface area contributed by atoms with Crippen molar-refractivity contribution in [2.45, 2.75) is 32.5 Å². The van der Waals surface area contributed by atoms with Crippen molar-refractivity contribution < 1.29 is 37.1 Å². The summed E-state index contributed by atoms with van der Waals surface area (Å²) in [7, 11) is 1.55. The van der Waals surface area contributed by atoms with Gasteiger partial charge < -0.3 is 9.47 Å². The van der Waals surface area contributed by atoms with Crippen molar-refractivity contribution in [3.05, 3.63) is 84.2 Å². The Morgan fingerprint density at radius 1 is 1.04 bits per heavy atom. The number of methoxy groups -OCH3 is 1. The molecule has 0 atom stereocenters. The number of nitrogens with one attached hydrogen (secondary N) is 1. The van der Waals surface area contributed by atoms with E-state index in [0.29, 0.717) is 29.4 Å². The van der Waals surface area contributed by atoms with E-state index >= 15 is 0 Å². The Bertz CT molecular complexity index is 1710. The number of amidine groups is 1. The van der Waals surface area contributed by atoms with Crippen molar-refractivity contribution in [1.82, 2.24) is 20.2 Å². The summed E-state index contributed by atoms with van der Waals surface area (Å²) in [5, 5.41) is 4.66. The molecule has 1 aliphatic heterocycles. The van der Waals surface area contributed by atoms with Gasteiger partial charge in [0.25, 0.3) is 0 Å². The number of anilines is 1. The van der Waals surface area contributed by atoms with Gasteiger partial charge in [0.05, 0.1) is 30.8 Å². The molecule has 3 amide bonds. The SMILES string of the molecule is CCCc1ccc(OC)cc1N1C(=O)CS/C1=N\C(=O)NOCCc1ccc(-c2ncn(-c3ccc(OC(F)(F)F)cc3)n2)cc1. The first kappa shape index (κ1) is 32.5. The number of nitrogens with zero attached hydrogens (tertiary/aromatic N) is 5. The number of aromatic nitrogens is 3. The summed E-state index contributed by atoms with van der Waals surface area (Å²) in [6.07, 6.45) is -1.19. The number of ether oxygens (including phenoxy) is 2. The predicted molar refractivity (Wildman–Crippen MR) is 166 cm³/mol. The third-order valence-electron chi connectivity index (χ3n) is 6.71. The molecule has 2 heterocycles. The molecular formula is C31H29F3N6O5S. The lowest BCUT2D eigenvalue weighted by molar-refractivity contribution is -0.274. The molecule has 15 heteroatoms. The van der Waals surface area contributed by atoms with Gasteiger partial charge in [-0.2, -0.15) is 4.99 Å². The zero-order valence-electron chi connectivity index (χ0n) is 24.8. The van der Waals surface area contributed by atoms with Crippen LogP contribution in [-0.4, -0.2) is 57.7 Å². The van der Waals surface area contributed by atoms with Crippen molar-refractivity contribution in [2.24, 2.45) is 4.99 Å². The van der Waals surface area contributed by atoms with Gasteiger partial charge in [-0.1, -0.05) is 55.4 Å². The molecule has 1 fully saturated rings. The lowest BCUT2D eigenvalue weighted by Gasteiger charge is -2.20. The van der Waals surface area contributed by atoms with Gasteiger partial charge in [0.2, 0.25) is 5.91 Å². The molecule has 240 valence electrons. The number of aryl methyl sites for hydroxylation is 1. The van der Waals surface area contributed by atoms with Crippen molar-refractivity contribution >= 4 is 34.6 Å². The van der Waals surface area contributed by atoms with Crippen LogP contribution in [0.15, 0.2) is 78.0 Å². The second-order valence-corrected chi connectivity index (χ2v) is 10.9. The zero-order chi connectivity index (χ0) is 32.7. The van der Waals surface area contributed by atoms with Crippen molar-refractivity contribution in [3.63, 3.8) is 0 Å². The van der Waals surface area contributed by atoms with Gasteiger partial charge in [0, 0.05) is 11.6 Å². The number of urea groups is 1. The molecule has 0 unspecified atom stereocenters. The molecule has 0 aliphatic carbocycles. The number of rotatable bonds is 11. The highest BCUT2D eigenvalue weighted by molar-refractivity contribution is 8.15. The standard InChI is InChI=1S/C31H29F3N6O5S/c1-3-4-21-9-12-25(43-2)17-26(21)40-27(41)18-46-30(40)36-29(42)38-44-16-15-20-5-7-22(8-6-20)28-35-19-39(37-28)23-10-13-24(14-11-23)45-31(32,33)34/h5-14,17,19H,3-4,15-16,18H2,1-2H3,(H,38,42)/b36-30-. The Kier molecular flexibility index (Phi) is 10.2. The van der Waals surface area contributed by atoms with E-state index in [9.17, 15) is 22.8 Å². The fourth-order valence-corrected chi connectivity index (χ4v) is 5.43. The molecule has 1 saturated heterocycles. The van der Waals surface area contributed by atoms with Crippen LogP contribution in [0.3, 0.4) is 0 Å². The summed E-state index contributed by atoms with van der Waals surface area (Å²) in [6.45, 7) is 2.22. The van der Waals surface area contributed by atoms with Gasteiger partial charge in [-0.25, -0.2) is 19.9 Å². The highest BCUT2D eigenvalue weighted by atomic mass is 32.2. The minimum atomic E-state index is -4.76. The van der Waals surface area contributed by atoms with Gasteiger partial charge in [-0.05, 0) is 54.3 Å². The van der Waals surface area contributed by atoms with Crippen LogP contribution in [-0.2, 0) is 22.5 Å². The average Bonchev–Trinajstić information content (AvgIpc) is 3.67. The molecule has 11 nitrogen and oxygen atoms in total. The summed E-state index contributed by atoms with van der Waals surface area (Å²) in [4.78, 5) is 40.4. The number of hydrogen-bond acceptors (Lipinski definition) is 8. The summed E-state index contributed by atoms with van der Waals surface area (Å²) >= 11 is 1.18. The minimum Gasteiger partial charge on any atom is -0.497 e. The number of amides is 3. The van der Waals surface area contributed by atoms with Crippen LogP contribution in [0.1, 0.15) is 24.5 Å². The maximum atomic E-state index is 12.7. The second kappa shape index (κ2) is 14.5. The van der Waals surface area contributed by atoms with Crippen LogP contribution in [0.25, 0.3) is 17.1 Å². The maximum absolute atomic E-state index is 12.7. The number of hydroxylamine groups is 1. The first-order valence-electron chi connectivity index (χ1n) is 14.1. The van der Waals surface area contributed by atoms with Gasteiger partial charge >= 0.3 is 12.4 Å². The third-order valence-corrected chi connectivity index (χ3v) is 7.63. The number of aliphatic imine (C=N–C) groups is 1. The Morgan fingerprint density at radius 3 is 2.48 bits per heavy atom. The number of halogens is 3. The van der Waals surface area contributed by atoms with Gasteiger partial charge in [-0.15, -0.1) is 18.3 Å². The number of alkyl halides is 3. The van der Waals surface area contributed by atoms with E-state index in [0.717, 1.165) is 29.5 Å². The molecule has 0 saturated carbocycles. The van der Waals surface area contributed by atoms with E-state index < -0.39 is 12.4 Å². The third kappa shape index (κ3) is 8.22. The van der Waals surface area contributed by atoms with E-state index in [4.69, 9.17) is 9.57 Å². The largest absolute Gasteiger partial charge is 0.573 e. The smallest absolute Gasteiger partial charge is 0.497 e. The van der Waals surface area contributed by atoms with Crippen LogP contribution in [0.4, 0.5) is 23.7 Å². The Labute approximate surface area is 266 Å². The molecule has 1 aromatic heterocycles. The number of thioether (sulfide) groups is 1. The molecule has 1 aliphatic rings. The van der Waals surface area contributed by atoms with Crippen LogP contribution in [0.5, 0.6) is 11.5 Å². The number of hydrogen-bond donors (Lipinski definition) is 1. The maximum Gasteiger partial charge on any atom is 0.573 e. The topological polar surface area (TPSA) is 120 Å². The highest BCUT2D eigenvalue weighted by Crippen LogP contribution is 2.33. The molecule has 3 aromatic carbocycles. The van der Waals surface area contributed by atoms with Crippen LogP contribution in [0, 0.1) is 0 Å². The Morgan fingerprint density at radius 2 is 1.78 bits per heavy atom. The summed E-state index contributed by atoms with van der Waals surface area (Å²) in [5.74, 6) is 0.679. The van der Waals surface area contributed by atoms with Crippen molar-refractivity contribution in [1.29, 1.82) is 0 Å². The lowest BCUT2D eigenvalue weighted by Crippen LogP contribution is -2.32. The summed E-state index contributed by atoms with van der Waals surface area (Å²) in [5.41, 5.74) is 6.07. The predicted octanol–water partition coefficient (Wildman–Crippen LogP) is 6.11. The molecular weight excluding hydrogens is 625 g/mol. The number of carbonyl (C=O) groups excluding carboxylic acids is 2. The number of carbonyl (C=O) groups is 2. The van der Waals surface area contributed by atoms with Gasteiger partial charge in [0.1, 0.15) is 17.8 Å². The van der Waals surface area contributed by atoms with Crippen LogP contribution < -0.4 is 19.9 Å². The monoisotopic (exact) mass is 654 g/mol. The molecule has 4 aromatic rings. The zero-order valence-corrected chi connectivity index (χ0v) is 25.6. The number of benzene rings is 3. The molecule has 1 N–H and O–H groups in total. The lowest BCUT2D eigenvalue weighted by atomic mass is 10.1. The van der Waals surface area contributed by atoms with Gasteiger partial charge in [-0.3, -0.25) is 14.5 Å². The molecule has 5 rings (SSSR count). The highest BCUT2D eigenvalue weighted by Gasteiger charge is 2.32. The average molecular weight is 655 g/mol. The normalized spacial score (nSPS) is 14.2. The molecule has 46 heavy (non-hydrogen) atoms. The molecule has 0 bridgehead atoms. The van der Waals surface area contributed by atoms with Crippen molar-refractivity contribution in [2.75, 3.05) is 24.4 Å². The van der Waals surface area contributed by atoms with E-state index in [1.165, 1.54) is 51.9 Å². The molecule has 0 radical (unpaired) electrons. The Balaban J connectivity index is 1.13. The Hall–Kier alpha value is -4.89. The fourth-order valence-electron chi connectivity index (χ4n) is 4.57. The van der Waals surface area contributed by atoms with Crippen molar-refractivity contribution in [3.8, 4) is 28.6 Å². The quantitative estimate of drug-likeness (QED) is 0.152. The van der Waals surface area contributed by atoms with Gasteiger partial charge in [0.15, 0.2) is 11.0 Å². The van der Waals surface area contributed by atoms with E-state index in [1.54, 1.807) is 13.2 Å². The minimum absolute atomic E-state index is 0.162. The second-order valence-electron chi connectivity index (χ2n) is 9.91. The first-order chi connectivity index (χ1) is 22.1.